The van der Waals surface area contributed by atoms with Crippen molar-refractivity contribution >= 4 is 23.4 Å². The first kappa shape index (κ1) is 8.92. The smallest absolute Gasteiger partial charge is 0.423 e. The van der Waals surface area contributed by atoms with Crippen molar-refractivity contribution in [1.82, 2.24) is 10.2 Å². The molecule has 0 aliphatic heterocycles. The highest BCUT2D eigenvalue weighted by molar-refractivity contribution is 6.58. The summed E-state index contributed by atoms with van der Waals surface area (Å²) in [6.45, 7) is 0. The van der Waals surface area contributed by atoms with Crippen LogP contribution in [0.5, 0.6) is 0 Å². The third-order valence-corrected chi connectivity index (χ3v) is 1.99. The first-order valence-electron chi connectivity index (χ1n) is 4.02. The molecule has 1 aromatic carbocycles. The Labute approximate surface area is 79.2 Å². The van der Waals surface area contributed by atoms with Crippen molar-refractivity contribution < 1.29 is 10.0 Å². The van der Waals surface area contributed by atoms with Crippen LogP contribution in [0.4, 0.5) is 0 Å². The molecule has 0 fully saturated rings. The highest BCUT2D eigenvalue weighted by atomic mass is 16.4. The molecule has 14 heavy (non-hydrogen) atoms. The van der Waals surface area contributed by atoms with Gasteiger partial charge in [0, 0.05) is 10.8 Å². The molecule has 0 spiro atoms. The molecule has 70 valence electrons. The monoisotopic (exact) mass is 190 g/mol. The molecule has 0 aliphatic rings. The van der Waals surface area contributed by atoms with Gasteiger partial charge in [0.2, 0.25) is 0 Å². The molecule has 3 N–H and O–H groups in total. The minimum atomic E-state index is -1.53. The number of nitrogens with one attached hydrogen (secondary N) is 1. The molecule has 2 rings (SSSR count). The topological polar surface area (TPSA) is 86.2 Å². The minimum Gasteiger partial charge on any atom is -0.423 e. The second-order valence-corrected chi connectivity index (χ2v) is 2.92. The van der Waals surface area contributed by atoms with E-state index >= 15 is 0 Å². The second-order valence-electron chi connectivity index (χ2n) is 2.92. The summed E-state index contributed by atoms with van der Waals surface area (Å²) in [7, 11) is -1.53. The van der Waals surface area contributed by atoms with E-state index in [1.807, 2.05) is 0 Å². The fraction of sp³-hybridized carbons (Fsp3) is 0. The summed E-state index contributed by atoms with van der Waals surface area (Å²) in [5, 5.41) is 24.8. The van der Waals surface area contributed by atoms with Crippen LogP contribution in [0.2, 0.25) is 0 Å². The molecule has 0 saturated heterocycles. The summed E-state index contributed by atoms with van der Waals surface area (Å²) in [4.78, 5) is 11.2. The quantitative estimate of drug-likeness (QED) is 0.483. The van der Waals surface area contributed by atoms with Gasteiger partial charge in [0.25, 0.3) is 5.56 Å². The Balaban J connectivity index is 2.74. The zero-order valence-corrected chi connectivity index (χ0v) is 7.14. The summed E-state index contributed by atoms with van der Waals surface area (Å²) < 4.78 is 0. The highest BCUT2D eigenvalue weighted by Crippen LogP contribution is 2.04. The summed E-state index contributed by atoms with van der Waals surface area (Å²) in [5.41, 5.74) is 0.0476. The maximum atomic E-state index is 11.2. The van der Waals surface area contributed by atoms with Gasteiger partial charge in [-0.05, 0) is 11.5 Å². The van der Waals surface area contributed by atoms with Crippen LogP contribution in [0.15, 0.2) is 29.2 Å². The number of aromatic amines is 1. The lowest BCUT2D eigenvalue weighted by Crippen LogP contribution is -2.29. The fourth-order valence-corrected chi connectivity index (χ4v) is 1.28. The van der Waals surface area contributed by atoms with Crippen LogP contribution < -0.4 is 11.0 Å². The molecule has 0 saturated carbocycles. The van der Waals surface area contributed by atoms with Crippen LogP contribution in [-0.4, -0.2) is 27.4 Å². The first-order chi connectivity index (χ1) is 6.68. The van der Waals surface area contributed by atoms with E-state index in [9.17, 15) is 4.79 Å². The standard InChI is InChI=1S/C8H7BN2O3/c12-8-7-2-1-6(9(13)14)3-5(7)4-10-11-8/h1-4,13-14H,(H,11,12). The van der Waals surface area contributed by atoms with Crippen molar-refractivity contribution in [1.29, 1.82) is 0 Å². The number of H-pyrrole nitrogens is 1. The molecule has 5 nitrogen and oxygen atoms in total. The van der Waals surface area contributed by atoms with Gasteiger partial charge < -0.3 is 10.0 Å². The van der Waals surface area contributed by atoms with Crippen molar-refractivity contribution in [3.05, 3.63) is 34.7 Å². The Morgan fingerprint density at radius 3 is 2.86 bits per heavy atom. The lowest BCUT2D eigenvalue weighted by molar-refractivity contribution is 0.426. The van der Waals surface area contributed by atoms with E-state index < -0.39 is 7.12 Å². The van der Waals surface area contributed by atoms with Gasteiger partial charge >= 0.3 is 7.12 Å². The van der Waals surface area contributed by atoms with Crippen molar-refractivity contribution in [2.24, 2.45) is 0 Å². The molecule has 6 heteroatoms. The molecule has 0 unspecified atom stereocenters. The van der Waals surface area contributed by atoms with Crippen LogP contribution in [0.25, 0.3) is 10.8 Å². The molecule has 0 bridgehead atoms. The zero-order valence-electron chi connectivity index (χ0n) is 7.14. The van der Waals surface area contributed by atoms with Crippen LogP contribution in [-0.2, 0) is 0 Å². The van der Waals surface area contributed by atoms with Crippen molar-refractivity contribution in [3.8, 4) is 0 Å². The lowest BCUT2D eigenvalue weighted by atomic mass is 9.80. The predicted octanol–water partition coefficient (Wildman–Crippen LogP) is -1.40. The van der Waals surface area contributed by atoms with Crippen molar-refractivity contribution in [2.45, 2.75) is 0 Å². The van der Waals surface area contributed by atoms with Crippen LogP contribution >= 0.6 is 0 Å². The van der Waals surface area contributed by atoms with Crippen LogP contribution in [0, 0.1) is 0 Å². The maximum absolute atomic E-state index is 11.2. The van der Waals surface area contributed by atoms with E-state index in [4.69, 9.17) is 10.0 Å². The molecular weight excluding hydrogens is 183 g/mol. The summed E-state index contributed by atoms with van der Waals surface area (Å²) in [5.74, 6) is 0. The van der Waals surface area contributed by atoms with Crippen LogP contribution in [0.3, 0.4) is 0 Å². The van der Waals surface area contributed by atoms with Gasteiger partial charge in [-0.25, -0.2) is 5.10 Å². The summed E-state index contributed by atoms with van der Waals surface area (Å²) in [6.07, 6.45) is 1.46. The maximum Gasteiger partial charge on any atom is 0.488 e. The van der Waals surface area contributed by atoms with Gasteiger partial charge in [0.1, 0.15) is 0 Å². The Morgan fingerprint density at radius 2 is 2.14 bits per heavy atom. The van der Waals surface area contributed by atoms with Gasteiger partial charge in [-0.15, -0.1) is 0 Å². The van der Waals surface area contributed by atoms with Gasteiger partial charge in [-0.1, -0.05) is 12.1 Å². The lowest BCUT2D eigenvalue weighted by Gasteiger charge is -2.00. The Kier molecular flexibility index (Phi) is 2.07. The number of hydrogen-bond acceptors (Lipinski definition) is 4. The number of benzene rings is 1. The number of fused-ring (bicyclic) bond motifs is 1. The Morgan fingerprint density at radius 1 is 1.36 bits per heavy atom. The summed E-state index contributed by atoms with van der Waals surface area (Å²) in [6, 6.07) is 4.54. The average molecular weight is 190 g/mol. The number of nitrogens with zero attached hydrogens (tertiary/aromatic N) is 1. The third kappa shape index (κ3) is 1.41. The van der Waals surface area contributed by atoms with E-state index in [1.54, 1.807) is 0 Å². The fourth-order valence-electron chi connectivity index (χ4n) is 1.28. The molecular formula is C8H7BN2O3. The van der Waals surface area contributed by atoms with E-state index in [0.717, 1.165) is 0 Å². The number of hydrogen-bond donors (Lipinski definition) is 3. The van der Waals surface area contributed by atoms with E-state index in [-0.39, 0.29) is 5.56 Å². The molecule has 0 radical (unpaired) electrons. The summed E-state index contributed by atoms with van der Waals surface area (Å²) >= 11 is 0. The molecule has 0 aliphatic carbocycles. The first-order valence-corrected chi connectivity index (χ1v) is 4.02. The molecule has 1 heterocycles. The molecule has 0 amide bonds. The average Bonchev–Trinajstić information content (AvgIpc) is 2.17. The highest BCUT2D eigenvalue weighted by Gasteiger charge is 2.11. The molecule has 2 aromatic rings. The number of rotatable bonds is 1. The van der Waals surface area contributed by atoms with Gasteiger partial charge in [-0.2, -0.15) is 5.10 Å². The molecule has 0 atom stereocenters. The number of aromatic nitrogens is 2. The zero-order chi connectivity index (χ0) is 10.1. The van der Waals surface area contributed by atoms with Gasteiger partial charge in [0.15, 0.2) is 0 Å². The van der Waals surface area contributed by atoms with Crippen LogP contribution in [0.1, 0.15) is 0 Å². The second kappa shape index (κ2) is 3.24. The van der Waals surface area contributed by atoms with Crippen molar-refractivity contribution in [3.63, 3.8) is 0 Å². The Hall–Kier alpha value is -1.66. The Bertz CT molecular complexity index is 523. The van der Waals surface area contributed by atoms with Crippen molar-refractivity contribution in [2.75, 3.05) is 0 Å². The molecule has 1 aromatic heterocycles. The predicted molar refractivity (Wildman–Crippen MR) is 52.2 cm³/mol. The largest absolute Gasteiger partial charge is 0.488 e. The minimum absolute atomic E-state index is 0.290. The third-order valence-electron chi connectivity index (χ3n) is 1.99. The van der Waals surface area contributed by atoms with Gasteiger partial charge in [0.05, 0.1) is 6.20 Å². The van der Waals surface area contributed by atoms with E-state index in [1.165, 1.54) is 24.4 Å². The van der Waals surface area contributed by atoms with Gasteiger partial charge in [-0.3, -0.25) is 4.79 Å². The van der Waals surface area contributed by atoms with E-state index in [2.05, 4.69) is 10.2 Å². The normalized spacial score (nSPS) is 10.4. The van der Waals surface area contributed by atoms with E-state index in [0.29, 0.717) is 16.2 Å². The SMILES string of the molecule is O=c1[nH]ncc2cc(B(O)O)ccc12.